The molecule has 0 amide bonds. The van der Waals surface area contributed by atoms with Gasteiger partial charge in [0, 0.05) is 13.6 Å². The largest absolute Gasteiger partial charge is 0.355 e. The number of anilines is 2. The molecule has 0 atom stereocenters. The number of para-hydroxylation sites is 2. The molecule has 14 heavy (non-hydrogen) atoms. The molecule has 1 aliphatic heterocycles. The zero-order valence-corrected chi connectivity index (χ0v) is 9.20. The second kappa shape index (κ2) is 3.52. The normalized spacial score (nSPS) is 15.1. The molecule has 2 rings (SSSR count). The van der Waals surface area contributed by atoms with Gasteiger partial charge in [0.15, 0.2) is 0 Å². The molecule has 0 saturated carbocycles. The summed E-state index contributed by atoms with van der Waals surface area (Å²) in [5.41, 5.74) is 2.73. The van der Waals surface area contributed by atoms with Crippen LogP contribution in [0.15, 0.2) is 24.3 Å². The Bertz CT molecular complexity index is 318. The van der Waals surface area contributed by atoms with E-state index >= 15 is 0 Å². The summed E-state index contributed by atoms with van der Waals surface area (Å²) in [7, 11) is 2.15. The second-order valence-corrected chi connectivity index (χ2v) is 4.44. The Morgan fingerprint density at radius 3 is 2.50 bits per heavy atom. The quantitative estimate of drug-likeness (QED) is 0.707. The third kappa shape index (κ3) is 1.57. The monoisotopic (exact) mass is 190 g/mol. The highest BCUT2D eigenvalue weighted by Gasteiger charge is 2.22. The van der Waals surface area contributed by atoms with Gasteiger partial charge in [0.25, 0.3) is 0 Å². The summed E-state index contributed by atoms with van der Waals surface area (Å²) in [6, 6.07) is 8.62. The Labute approximate surface area is 86.1 Å². The maximum absolute atomic E-state index is 2.44. The van der Waals surface area contributed by atoms with Crippen LogP contribution in [0, 0.1) is 5.92 Å². The van der Waals surface area contributed by atoms with Gasteiger partial charge in [-0.15, -0.1) is 0 Å². The van der Waals surface area contributed by atoms with Crippen molar-refractivity contribution in [2.45, 2.75) is 13.8 Å². The van der Waals surface area contributed by atoms with Crippen LogP contribution in [-0.2, 0) is 0 Å². The molecule has 0 fully saturated rings. The number of hydrogen-bond donors (Lipinski definition) is 0. The van der Waals surface area contributed by atoms with Crippen molar-refractivity contribution in [1.82, 2.24) is 0 Å². The van der Waals surface area contributed by atoms with E-state index in [9.17, 15) is 0 Å². The van der Waals surface area contributed by atoms with E-state index in [0.29, 0.717) is 0 Å². The summed E-state index contributed by atoms with van der Waals surface area (Å²) in [6.45, 7) is 6.70. The Balaban J connectivity index is 2.25. The Morgan fingerprint density at radius 2 is 1.86 bits per heavy atom. The predicted octanol–water partition coefficient (Wildman–Crippen LogP) is 2.56. The van der Waals surface area contributed by atoms with Gasteiger partial charge in [0.05, 0.1) is 18.0 Å². The highest BCUT2D eigenvalue weighted by molar-refractivity contribution is 5.75. The van der Waals surface area contributed by atoms with E-state index in [4.69, 9.17) is 0 Å². The summed E-state index contributed by atoms with van der Waals surface area (Å²) in [4.78, 5) is 4.75. The lowest BCUT2D eigenvalue weighted by molar-refractivity contribution is 0.619. The maximum atomic E-state index is 2.44. The molecule has 0 N–H and O–H groups in total. The average molecular weight is 190 g/mol. The smallest absolute Gasteiger partial charge is 0.0901 e. The first-order valence-corrected chi connectivity index (χ1v) is 5.23. The third-order valence-electron chi connectivity index (χ3n) is 2.60. The molecule has 0 radical (unpaired) electrons. The summed E-state index contributed by atoms with van der Waals surface area (Å²) in [5.74, 6) is 0.717. The second-order valence-electron chi connectivity index (χ2n) is 4.44. The van der Waals surface area contributed by atoms with Crippen LogP contribution in [0.2, 0.25) is 0 Å². The topological polar surface area (TPSA) is 6.48 Å². The van der Waals surface area contributed by atoms with Crippen LogP contribution in [0.4, 0.5) is 11.4 Å². The van der Waals surface area contributed by atoms with E-state index in [1.54, 1.807) is 0 Å². The van der Waals surface area contributed by atoms with Gasteiger partial charge in [-0.05, 0) is 18.1 Å². The molecule has 0 spiro atoms. The first-order valence-electron chi connectivity index (χ1n) is 5.23. The lowest BCUT2D eigenvalue weighted by atomic mass is 10.2. The van der Waals surface area contributed by atoms with Crippen molar-refractivity contribution in [2.75, 3.05) is 30.1 Å². The molecule has 0 aliphatic carbocycles. The van der Waals surface area contributed by atoms with Gasteiger partial charge in [-0.25, -0.2) is 0 Å². The molecule has 0 saturated heterocycles. The first kappa shape index (κ1) is 9.38. The minimum atomic E-state index is 0.717. The molecule has 1 aromatic rings. The summed E-state index contributed by atoms with van der Waals surface area (Å²) >= 11 is 0. The van der Waals surface area contributed by atoms with Crippen molar-refractivity contribution < 1.29 is 0 Å². The molecule has 0 aromatic heterocycles. The minimum Gasteiger partial charge on any atom is -0.355 e. The lowest BCUT2D eigenvalue weighted by Gasteiger charge is -2.21. The van der Waals surface area contributed by atoms with Gasteiger partial charge in [0.1, 0.15) is 0 Å². The van der Waals surface area contributed by atoms with Crippen LogP contribution >= 0.6 is 0 Å². The summed E-state index contributed by atoms with van der Waals surface area (Å²) < 4.78 is 0. The number of benzene rings is 1. The first-order chi connectivity index (χ1) is 6.68. The van der Waals surface area contributed by atoms with Crippen LogP contribution in [0.1, 0.15) is 13.8 Å². The minimum absolute atomic E-state index is 0.717. The van der Waals surface area contributed by atoms with Crippen molar-refractivity contribution in [3.8, 4) is 0 Å². The number of nitrogens with zero attached hydrogens (tertiary/aromatic N) is 2. The molecule has 2 nitrogen and oxygen atoms in total. The Morgan fingerprint density at radius 1 is 1.21 bits per heavy atom. The summed E-state index contributed by atoms with van der Waals surface area (Å²) in [6.07, 6.45) is 0. The van der Waals surface area contributed by atoms with E-state index in [-0.39, 0.29) is 0 Å². The van der Waals surface area contributed by atoms with Gasteiger partial charge < -0.3 is 9.80 Å². The molecule has 1 aromatic carbocycles. The Hall–Kier alpha value is -1.18. The van der Waals surface area contributed by atoms with Crippen LogP contribution in [0.25, 0.3) is 0 Å². The molecule has 2 heteroatoms. The number of fused-ring (bicyclic) bond motifs is 1. The standard InChI is InChI=1S/C12H18N2/c1-10(2)8-14-9-13(3)11-6-4-5-7-12(11)14/h4-7,10H,8-9H2,1-3H3. The summed E-state index contributed by atoms with van der Waals surface area (Å²) in [5, 5.41) is 0. The van der Waals surface area contributed by atoms with Crippen molar-refractivity contribution in [2.24, 2.45) is 5.92 Å². The zero-order chi connectivity index (χ0) is 10.1. The van der Waals surface area contributed by atoms with Crippen LogP contribution < -0.4 is 9.80 Å². The van der Waals surface area contributed by atoms with Crippen LogP contribution in [-0.4, -0.2) is 20.3 Å². The number of rotatable bonds is 2. The fourth-order valence-corrected chi connectivity index (χ4v) is 2.06. The Kier molecular flexibility index (Phi) is 2.36. The van der Waals surface area contributed by atoms with Gasteiger partial charge in [0.2, 0.25) is 0 Å². The van der Waals surface area contributed by atoms with Crippen molar-refractivity contribution in [3.05, 3.63) is 24.3 Å². The van der Waals surface area contributed by atoms with Gasteiger partial charge in [-0.2, -0.15) is 0 Å². The molecule has 1 heterocycles. The van der Waals surface area contributed by atoms with Crippen LogP contribution in [0.3, 0.4) is 0 Å². The zero-order valence-electron chi connectivity index (χ0n) is 9.20. The van der Waals surface area contributed by atoms with Gasteiger partial charge in [-0.1, -0.05) is 26.0 Å². The molecular weight excluding hydrogens is 172 g/mol. The molecule has 0 bridgehead atoms. The molecule has 0 unspecified atom stereocenters. The van der Waals surface area contributed by atoms with Gasteiger partial charge >= 0.3 is 0 Å². The average Bonchev–Trinajstić information content (AvgIpc) is 2.44. The van der Waals surface area contributed by atoms with Crippen molar-refractivity contribution in [1.29, 1.82) is 0 Å². The molecule has 1 aliphatic rings. The third-order valence-corrected chi connectivity index (χ3v) is 2.60. The highest BCUT2D eigenvalue weighted by atomic mass is 15.4. The van der Waals surface area contributed by atoms with E-state index < -0.39 is 0 Å². The van der Waals surface area contributed by atoms with Gasteiger partial charge in [-0.3, -0.25) is 0 Å². The van der Waals surface area contributed by atoms with E-state index in [1.807, 2.05) is 0 Å². The van der Waals surface area contributed by atoms with E-state index in [1.165, 1.54) is 11.4 Å². The fraction of sp³-hybridized carbons (Fsp3) is 0.500. The lowest BCUT2D eigenvalue weighted by Crippen LogP contribution is -2.31. The molecule has 76 valence electrons. The molecular formula is C12H18N2. The SMILES string of the molecule is CC(C)CN1CN(C)c2ccccc21. The van der Waals surface area contributed by atoms with E-state index in [2.05, 4.69) is 55.0 Å². The van der Waals surface area contributed by atoms with Crippen LogP contribution in [0.5, 0.6) is 0 Å². The van der Waals surface area contributed by atoms with Crippen molar-refractivity contribution in [3.63, 3.8) is 0 Å². The predicted molar refractivity (Wildman–Crippen MR) is 61.9 cm³/mol. The fourth-order valence-electron chi connectivity index (χ4n) is 2.06. The van der Waals surface area contributed by atoms with Crippen molar-refractivity contribution >= 4 is 11.4 Å². The maximum Gasteiger partial charge on any atom is 0.0901 e. The highest BCUT2D eigenvalue weighted by Crippen LogP contribution is 2.34. The van der Waals surface area contributed by atoms with E-state index in [0.717, 1.165) is 19.1 Å². The number of hydrogen-bond acceptors (Lipinski definition) is 2.